The summed E-state index contributed by atoms with van der Waals surface area (Å²) < 4.78 is 0. The van der Waals surface area contributed by atoms with E-state index in [2.05, 4.69) is 15.5 Å². The minimum absolute atomic E-state index is 0.204. The van der Waals surface area contributed by atoms with E-state index in [0.29, 0.717) is 18.1 Å². The molecular weight excluding hydrogens is 250 g/mol. The van der Waals surface area contributed by atoms with Gasteiger partial charge in [0.15, 0.2) is 0 Å². The molecule has 2 amide bonds. The number of carbonyl (C=O) groups is 1. The van der Waals surface area contributed by atoms with E-state index in [4.69, 9.17) is 0 Å². The van der Waals surface area contributed by atoms with Crippen molar-refractivity contribution in [3.05, 3.63) is 0 Å². The number of hydrogen-bond acceptors (Lipinski definition) is 2. The van der Waals surface area contributed by atoms with Crippen LogP contribution in [0.3, 0.4) is 0 Å². The van der Waals surface area contributed by atoms with Crippen molar-refractivity contribution < 1.29 is 4.79 Å². The number of urea groups is 1. The molecule has 1 saturated carbocycles. The molecule has 1 aliphatic carbocycles. The number of hydrogen-bond donors (Lipinski definition) is 2. The second kappa shape index (κ2) is 6.79. The molecule has 0 spiro atoms. The quantitative estimate of drug-likeness (QED) is 0.816. The standard InChI is InChI=1S/C16H29N3O/c20-16(18-13-7-2-1-3-8-13)19-12-5-4-10-15(19)14-9-6-11-17-14/h13-15,17H,1-12H2,(H,18,20). The van der Waals surface area contributed by atoms with E-state index in [-0.39, 0.29) is 6.03 Å². The zero-order valence-corrected chi connectivity index (χ0v) is 12.6. The summed E-state index contributed by atoms with van der Waals surface area (Å²) in [7, 11) is 0. The van der Waals surface area contributed by atoms with Crippen LogP contribution in [0.2, 0.25) is 0 Å². The molecule has 0 bridgehead atoms. The molecule has 0 radical (unpaired) electrons. The summed E-state index contributed by atoms with van der Waals surface area (Å²) in [6.45, 7) is 2.07. The first-order chi connectivity index (χ1) is 9.84. The van der Waals surface area contributed by atoms with Gasteiger partial charge in [0.25, 0.3) is 0 Å². The highest BCUT2D eigenvalue weighted by atomic mass is 16.2. The summed E-state index contributed by atoms with van der Waals surface area (Å²) in [5.41, 5.74) is 0. The molecule has 2 saturated heterocycles. The van der Waals surface area contributed by atoms with Crippen LogP contribution in [0.5, 0.6) is 0 Å². The molecule has 0 aromatic heterocycles. The van der Waals surface area contributed by atoms with Crippen molar-refractivity contribution in [2.75, 3.05) is 13.1 Å². The number of rotatable bonds is 2. The van der Waals surface area contributed by atoms with E-state index < -0.39 is 0 Å². The fourth-order valence-electron chi connectivity index (χ4n) is 4.17. The van der Waals surface area contributed by atoms with Gasteiger partial charge >= 0.3 is 6.03 Å². The smallest absolute Gasteiger partial charge is 0.317 e. The maximum absolute atomic E-state index is 12.6. The number of amides is 2. The Morgan fingerprint density at radius 2 is 1.75 bits per heavy atom. The first-order valence-electron chi connectivity index (χ1n) is 8.65. The molecular formula is C16H29N3O. The average molecular weight is 279 g/mol. The summed E-state index contributed by atoms with van der Waals surface area (Å²) in [4.78, 5) is 14.8. The number of carbonyl (C=O) groups excluding carboxylic acids is 1. The van der Waals surface area contributed by atoms with Gasteiger partial charge in [0, 0.05) is 24.7 Å². The van der Waals surface area contributed by atoms with Crippen LogP contribution < -0.4 is 10.6 Å². The predicted octanol–water partition coefficient (Wildman–Crippen LogP) is 2.64. The molecule has 4 nitrogen and oxygen atoms in total. The number of nitrogens with one attached hydrogen (secondary N) is 2. The van der Waals surface area contributed by atoms with Crippen molar-refractivity contribution in [1.82, 2.24) is 15.5 Å². The van der Waals surface area contributed by atoms with Crippen molar-refractivity contribution in [2.45, 2.75) is 82.3 Å². The molecule has 0 aromatic carbocycles. The zero-order valence-electron chi connectivity index (χ0n) is 12.6. The predicted molar refractivity (Wildman–Crippen MR) is 80.8 cm³/mol. The molecule has 2 unspecified atom stereocenters. The van der Waals surface area contributed by atoms with Crippen molar-refractivity contribution in [3.8, 4) is 0 Å². The summed E-state index contributed by atoms with van der Waals surface area (Å²) in [6, 6.07) is 1.59. The highest BCUT2D eigenvalue weighted by Gasteiger charge is 2.34. The number of piperidine rings is 1. The van der Waals surface area contributed by atoms with E-state index in [1.54, 1.807) is 0 Å². The van der Waals surface area contributed by atoms with E-state index in [9.17, 15) is 4.79 Å². The van der Waals surface area contributed by atoms with Gasteiger partial charge in [-0.15, -0.1) is 0 Å². The highest BCUT2D eigenvalue weighted by molar-refractivity contribution is 5.75. The van der Waals surface area contributed by atoms with Crippen LogP contribution in [0.25, 0.3) is 0 Å². The van der Waals surface area contributed by atoms with E-state index in [1.807, 2.05) is 0 Å². The Labute approximate surface area is 122 Å². The van der Waals surface area contributed by atoms with Gasteiger partial charge in [-0.05, 0) is 51.5 Å². The lowest BCUT2D eigenvalue weighted by atomic mass is 9.94. The number of likely N-dealkylation sites (tertiary alicyclic amines) is 1. The van der Waals surface area contributed by atoms with Crippen LogP contribution in [-0.2, 0) is 0 Å². The van der Waals surface area contributed by atoms with E-state index >= 15 is 0 Å². The van der Waals surface area contributed by atoms with Crippen molar-refractivity contribution >= 4 is 6.03 Å². The lowest BCUT2D eigenvalue weighted by Gasteiger charge is -2.40. The Morgan fingerprint density at radius 3 is 2.50 bits per heavy atom. The third kappa shape index (κ3) is 3.27. The summed E-state index contributed by atoms with van der Waals surface area (Å²) in [5, 5.41) is 6.89. The molecule has 2 heterocycles. The largest absolute Gasteiger partial charge is 0.335 e. The normalized spacial score (nSPS) is 32.3. The Kier molecular flexibility index (Phi) is 4.81. The van der Waals surface area contributed by atoms with Crippen LogP contribution in [0.1, 0.15) is 64.2 Å². The third-order valence-corrected chi connectivity index (χ3v) is 5.31. The Hall–Kier alpha value is -0.770. The topological polar surface area (TPSA) is 44.4 Å². The lowest BCUT2D eigenvalue weighted by Crippen LogP contribution is -2.56. The number of nitrogens with zero attached hydrogens (tertiary/aromatic N) is 1. The van der Waals surface area contributed by atoms with Crippen LogP contribution in [-0.4, -0.2) is 42.1 Å². The molecule has 114 valence electrons. The van der Waals surface area contributed by atoms with Crippen molar-refractivity contribution in [3.63, 3.8) is 0 Å². The maximum Gasteiger partial charge on any atom is 0.317 e. The summed E-state index contributed by atoms with van der Waals surface area (Å²) >= 11 is 0. The fourth-order valence-corrected chi connectivity index (χ4v) is 4.17. The van der Waals surface area contributed by atoms with Gasteiger partial charge in [-0.3, -0.25) is 0 Å². The Balaban J connectivity index is 1.58. The average Bonchev–Trinajstić information content (AvgIpc) is 3.02. The van der Waals surface area contributed by atoms with Crippen LogP contribution in [0, 0.1) is 0 Å². The highest BCUT2D eigenvalue weighted by Crippen LogP contribution is 2.25. The van der Waals surface area contributed by atoms with Gasteiger partial charge in [-0.1, -0.05) is 19.3 Å². The van der Waals surface area contributed by atoms with Crippen LogP contribution in [0.4, 0.5) is 4.79 Å². The van der Waals surface area contributed by atoms with Crippen molar-refractivity contribution in [2.24, 2.45) is 0 Å². The van der Waals surface area contributed by atoms with E-state index in [0.717, 1.165) is 13.1 Å². The summed E-state index contributed by atoms with van der Waals surface area (Å²) in [5.74, 6) is 0. The van der Waals surface area contributed by atoms with Crippen LogP contribution >= 0.6 is 0 Å². The minimum atomic E-state index is 0.204. The van der Waals surface area contributed by atoms with Gasteiger partial charge in [0.2, 0.25) is 0 Å². The minimum Gasteiger partial charge on any atom is -0.335 e. The molecule has 2 N–H and O–H groups in total. The van der Waals surface area contributed by atoms with Gasteiger partial charge in [-0.25, -0.2) is 4.79 Å². The third-order valence-electron chi connectivity index (χ3n) is 5.31. The molecule has 4 heteroatoms. The van der Waals surface area contributed by atoms with Gasteiger partial charge in [0.05, 0.1) is 0 Å². The zero-order chi connectivity index (χ0) is 13.8. The molecule has 20 heavy (non-hydrogen) atoms. The van der Waals surface area contributed by atoms with Gasteiger partial charge in [-0.2, -0.15) is 0 Å². The second-order valence-electron chi connectivity index (χ2n) is 6.74. The molecule has 3 rings (SSSR count). The molecule has 3 fully saturated rings. The summed E-state index contributed by atoms with van der Waals surface area (Å²) in [6.07, 6.45) is 12.4. The Bertz CT molecular complexity index is 322. The van der Waals surface area contributed by atoms with Gasteiger partial charge < -0.3 is 15.5 Å². The van der Waals surface area contributed by atoms with Crippen LogP contribution in [0.15, 0.2) is 0 Å². The van der Waals surface area contributed by atoms with Crippen molar-refractivity contribution in [1.29, 1.82) is 0 Å². The fraction of sp³-hybridized carbons (Fsp3) is 0.938. The van der Waals surface area contributed by atoms with E-state index in [1.165, 1.54) is 64.2 Å². The first-order valence-corrected chi connectivity index (χ1v) is 8.65. The monoisotopic (exact) mass is 279 g/mol. The SMILES string of the molecule is O=C(NC1CCCCC1)N1CCCCC1C1CCCN1. The second-order valence-corrected chi connectivity index (χ2v) is 6.74. The molecule has 2 aliphatic heterocycles. The Morgan fingerprint density at radius 1 is 0.950 bits per heavy atom. The first kappa shape index (κ1) is 14.2. The lowest BCUT2D eigenvalue weighted by molar-refractivity contribution is 0.128. The molecule has 3 aliphatic rings. The molecule has 0 aromatic rings. The van der Waals surface area contributed by atoms with Gasteiger partial charge in [0.1, 0.15) is 0 Å². The maximum atomic E-state index is 12.6. The molecule has 2 atom stereocenters.